The van der Waals surface area contributed by atoms with E-state index in [1.807, 2.05) is 0 Å². The summed E-state index contributed by atoms with van der Waals surface area (Å²) in [6.07, 6.45) is -2.94. The molecular formula is C10H12F2N2O3. The van der Waals surface area contributed by atoms with Crippen molar-refractivity contribution >= 4 is 11.8 Å². The Morgan fingerprint density at radius 3 is 2.65 bits per heavy atom. The maximum absolute atomic E-state index is 12.6. The molecule has 0 radical (unpaired) electrons. The van der Waals surface area contributed by atoms with Crippen molar-refractivity contribution in [2.75, 3.05) is 20.0 Å². The Morgan fingerprint density at radius 2 is 2.18 bits per heavy atom. The number of nitrogen functional groups attached to an aromatic ring is 1. The number of aromatic nitrogens is 1. The van der Waals surface area contributed by atoms with Crippen molar-refractivity contribution < 1.29 is 23.0 Å². The Morgan fingerprint density at radius 1 is 1.53 bits per heavy atom. The SMILES string of the molecule is COC(=O)Cc1cc(OC)c(C(F)F)c(N)n1. The van der Waals surface area contributed by atoms with Gasteiger partial charge in [-0.3, -0.25) is 4.79 Å². The van der Waals surface area contributed by atoms with Gasteiger partial charge < -0.3 is 15.2 Å². The molecule has 0 amide bonds. The minimum Gasteiger partial charge on any atom is -0.496 e. The summed E-state index contributed by atoms with van der Waals surface area (Å²) in [5, 5.41) is 0. The summed E-state index contributed by atoms with van der Waals surface area (Å²) >= 11 is 0. The van der Waals surface area contributed by atoms with Gasteiger partial charge in [0.2, 0.25) is 0 Å². The number of ether oxygens (including phenoxy) is 2. The van der Waals surface area contributed by atoms with Crippen molar-refractivity contribution in [2.45, 2.75) is 12.8 Å². The Hall–Kier alpha value is -1.92. The summed E-state index contributed by atoms with van der Waals surface area (Å²) in [7, 11) is 2.46. The van der Waals surface area contributed by atoms with Gasteiger partial charge in [0, 0.05) is 6.07 Å². The molecule has 0 bridgehead atoms. The fourth-order valence-electron chi connectivity index (χ4n) is 1.30. The molecule has 0 aliphatic carbocycles. The summed E-state index contributed by atoms with van der Waals surface area (Å²) in [5.41, 5.74) is 5.14. The van der Waals surface area contributed by atoms with Crippen LogP contribution in [0.15, 0.2) is 6.07 Å². The second-order valence-corrected chi connectivity index (χ2v) is 3.17. The van der Waals surface area contributed by atoms with Crippen molar-refractivity contribution in [2.24, 2.45) is 0 Å². The van der Waals surface area contributed by atoms with Crippen LogP contribution in [0.25, 0.3) is 0 Å². The zero-order valence-electron chi connectivity index (χ0n) is 9.37. The summed E-state index contributed by atoms with van der Waals surface area (Å²) in [4.78, 5) is 14.7. The molecule has 0 saturated carbocycles. The van der Waals surface area contributed by atoms with Gasteiger partial charge in [0.05, 0.1) is 26.3 Å². The number of hydrogen-bond acceptors (Lipinski definition) is 5. The van der Waals surface area contributed by atoms with Gasteiger partial charge in [0.15, 0.2) is 0 Å². The molecule has 0 unspecified atom stereocenters. The van der Waals surface area contributed by atoms with Crippen molar-refractivity contribution in [3.05, 3.63) is 17.3 Å². The highest BCUT2D eigenvalue weighted by Gasteiger charge is 2.20. The van der Waals surface area contributed by atoms with Crippen LogP contribution in [0.4, 0.5) is 14.6 Å². The molecular weight excluding hydrogens is 234 g/mol. The summed E-state index contributed by atoms with van der Waals surface area (Å²) in [5.74, 6) is -0.978. The molecule has 0 spiro atoms. The molecule has 1 heterocycles. The number of esters is 1. The van der Waals surface area contributed by atoms with Gasteiger partial charge in [-0.15, -0.1) is 0 Å². The van der Waals surface area contributed by atoms with Crippen LogP contribution in [-0.4, -0.2) is 25.2 Å². The number of nitrogens with two attached hydrogens (primary N) is 1. The lowest BCUT2D eigenvalue weighted by atomic mass is 10.2. The van der Waals surface area contributed by atoms with E-state index in [0.29, 0.717) is 0 Å². The van der Waals surface area contributed by atoms with E-state index in [1.165, 1.54) is 20.3 Å². The largest absolute Gasteiger partial charge is 0.496 e. The number of pyridine rings is 1. The quantitative estimate of drug-likeness (QED) is 0.811. The number of rotatable bonds is 4. The number of methoxy groups -OCH3 is 2. The van der Waals surface area contributed by atoms with Gasteiger partial charge in [-0.25, -0.2) is 13.8 Å². The van der Waals surface area contributed by atoms with E-state index in [4.69, 9.17) is 10.5 Å². The number of halogens is 2. The zero-order valence-corrected chi connectivity index (χ0v) is 9.37. The lowest BCUT2D eigenvalue weighted by molar-refractivity contribution is -0.139. The number of hydrogen-bond donors (Lipinski definition) is 1. The van der Waals surface area contributed by atoms with E-state index in [9.17, 15) is 13.6 Å². The summed E-state index contributed by atoms with van der Waals surface area (Å²) < 4.78 is 34.5. The van der Waals surface area contributed by atoms with Crippen LogP contribution in [-0.2, 0) is 16.0 Å². The van der Waals surface area contributed by atoms with E-state index in [-0.39, 0.29) is 23.7 Å². The first-order valence-electron chi connectivity index (χ1n) is 4.67. The van der Waals surface area contributed by atoms with Crippen molar-refractivity contribution in [1.29, 1.82) is 0 Å². The molecule has 17 heavy (non-hydrogen) atoms. The van der Waals surface area contributed by atoms with Gasteiger partial charge >= 0.3 is 5.97 Å². The molecule has 0 aromatic carbocycles. The maximum Gasteiger partial charge on any atom is 0.311 e. The first kappa shape index (κ1) is 13.1. The Balaban J connectivity index is 3.13. The normalized spacial score (nSPS) is 10.4. The van der Waals surface area contributed by atoms with Crippen LogP contribution in [0.1, 0.15) is 17.7 Å². The van der Waals surface area contributed by atoms with Crippen LogP contribution in [0.5, 0.6) is 5.75 Å². The fourth-order valence-corrected chi connectivity index (χ4v) is 1.30. The third-order valence-corrected chi connectivity index (χ3v) is 2.09. The predicted molar refractivity (Wildman–Crippen MR) is 55.9 cm³/mol. The number of carbonyl (C=O) groups is 1. The minimum absolute atomic E-state index is 0.0913. The van der Waals surface area contributed by atoms with Gasteiger partial charge in [-0.1, -0.05) is 0 Å². The molecule has 5 nitrogen and oxygen atoms in total. The van der Waals surface area contributed by atoms with Crippen molar-refractivity contribution in [3.8, 4) is 5.75 Å². The molecule has 0 atom stereocenters. The zero-order chi connectivity index (χ0) is 13.0. The third-order valence-electron chi connectivity index (χ3n) is 2.09. The summed E-state index contributed by atoms with van der Waals surface area (Å²) in [6, 6.07) is 1.24. The second kappa shape index (κ2) is 5.42. The standard InChI is InChI=1S/C10H12F2N2O3/c1-16-6-3-5(4-7(15)17-2)14-10(13)8(6)9(11)12/h3,9H,4H2,1-2H3,(H2,13,14). The Kier molecular flexibility index (Phi) is 4.19. The molecule has 1 aromatic heterocycles. The monoisotopic (exact) mass is 246 g/mol. The Labute approximate surface area is 96.5 Å². The van der Waals surface area contributed by atoms with Crippen molar-refractivity contribution in [3.63, 3.8) is 0 Å². The average molecular weight is 246 g/mol. The van der Waals surface area contributed by atoms with Crippen LogP contribution in [0.2, 0.25) is 0 Å². The number of anilines is 1. The molecule has 0 saturated heterocycles. The molecule has 0 aliphatic rings. The van der Waals surface area contributed by atoms with Crippen LogP contribution in [0, 0.1) is 0 Å². The highest BCUT2D eigenvalue weighted by molar-refractivity contribution is 5.72. The molecule has 1 rings (SSSR count). The van der Waals surface area contributed by atoms with Gasteiger partial charge in [0.25, 0.3) is 6.43 Å². The molecule has 0 fully saturated rings. The predicted octanol–water partition coefficient (Wildman–Crippen LogP) is 1.33. The molecule has 94 valence electrons. The van der Waals surface area contributed by atoms with E-state index in [1.54, 1.807) is 0 Å². The maximum atomic E-state index is 12.6. The van der Waals surface area contributed by atoms with Gasteiger partial charge in [-0.2, -0.15) is 0 Å². The highest BCUT2D eigenvalue weighted by Crippen LogP contribution is 2.33. The van der Waals surface area contributed by atoms with Crippen LogP contribution < -0.4 is 10.5 Å². The van der Waals surface area contributed by atoms with Crippen LogP contribution >= 0.6 is 0 Å². The fraction of sp³-hybridized carbons (Fsp3) is 0.400. The van der Waals surface area contributed by atoms with Gasteiger partial charge in [0.1, 0.15) is 17.1 Å². The molecule has 2 N–H and O–H groups in total. The van der Waals surface area contributed by atoms with E-state index < -0.39 is 18.0 Å². The molecule has 0 aliphatic heterocycles. The first-order valence-corrected chi connectivity index (χ1v) is 4.67. The average Bonchev–Trinajstić information content (AvgIpc) is 2.27. The smallest absolute Gasteiger partial charge is 0.311 e. The van der Waals surface area contributed by atoms with E-state index in [0.717, 1.165) is 0 Å². The third kappa shape index (κ3) is 3.02. The second-order valence-electron chi connectivity index (χ2n) is 3.17. The molecule has 7 heteroatoms. The Bertz CT molecular complexity index is 424. The summed E-state index contributed by atoms with van der Waals surface area (Å²) in [6.45, 7) is 0. The first-order chi connectivity index (χ1) is 7.99. The lowest BCUT2D eigenvalue weighted by Gasteiger charge is -2.11. The lowest BCUT2D eigenvalue weighted by Crippen LogP contribution is -2.10. The van der Waals surface area contributed by atoms with E-state index >= 15 is 0 Å². The van der Waals surface area contributed by atoms with Crippen LogP contribution in [0.3, 0.4) is 0 Å². The number of nitrogens with zero attached hydrogens (tertiary/aromatic N) is 1. The topological polar surface area (TPSA) is 74.4 Å². The number of carbonyl (C=O) groups excluding carboxylic acids is 1. The van der Waals surface area contributed by atoms with Gasteiger partial charge in [-0.05, 0) is 0 Å². The minimum atomic E-state index is -2.79. The van der Waals surface area contributed by atoms with E-state index in [2.05, 4.69) is 9.72 Å². The molecule has 1 aromatic rings. The highest BCUT2D eigenvalue weighted by atomic mass is 19.3. The number of alkyl halides is 2. The van der Waals surface area contributed by atoms with Crippen molar-refractivity contribution in [1.82, 2.24) is 4.98 Å².